The molecule has 0 atom stereocenters. The minimum atomic E-state index is -1.06. The number of carboxylic acids is 1. The molecule has 0 aliphatic carbocycles. The van der Waals surface area contributed by atoms with E-state index in [4.69, 9.17) is 5.11 Å². The molecule has 7 nitrogen and oxygen atoms in total. The predicted molar refractivity (Wildman–Crippen MR) is 79.9 cm³/mol. The second kappa shape index (κ2) is 6.38. The predicted octanol–water partition coefficient (Wildman–Crippen LogP) is 1.51. The van der Waals surface area contributed by atoms with Crippen molar-refractivity contribution < 1.29 is 14.7 Å². The van der Waals surface area contributed by atoms with Gasteiger partial charge in [-0.1, -0.05) is 23.4 Å². The Kier molecular flexibility index (Phi) is 4.55. The van der Waals surface area contributed by atoms with Crippen LogP contribution < -0.4 is 0 Å². The molecule has 0 fully saturated rings. The highest BCUT2D eigenvalue weighted by atomic mass is 16.4. The van der Waals surface area contributed by atoms with Gasteiger partial charge in [0.05, 0.1) is 11.4 Å². The second-order valence-electron chi connectivity index (χ2n) is 5.19. The van der Waals surface area contributed by atoms with Crippen molar-refractivity contribution in [2.75, 3.05) is 6.54 Å². The molecule has 2 aromatic rings. The average molecular weight is 302 g/mol. The lowest BCUT2D eigenvalue weighted by Crippen LogP contribution is -2.41. The van der Waals surface area contributed by atoms with Crippen molar-refractivity contribution in [3.8, 4) is 5.69 Å². The summed E-state index contributed by atoms with van der Waals surface area (Å²) in [5.41, 5.74) is 1.53. The molecule has 7 heteroatoms. The van der Waals surface area contributed by atoms with Crippen molar-refractivity contribution >= 4 is 11.9 Å². The first-order chi connectivity index (χ1) is 10.4. The Hall–Kier alpha value is -2.70. The molecule has 0 aliphatic rings. The third-order valence-corrected chi connectivity index (χ3v) is 3.29. The normalized spacial score (nSPS) is 10.7. The van der Waals surface area contributed by atoms with Gasteiger partial charge in [0, 0.05) is 6.04 Å². The molecular formula is C15H18N4O3. The van der Waals surface area contributed by atoms with E-state index in [-0.39, 0.29) is 18.3 Å². The molecule has 1 aromatic carbocycles. The van der Waals surface area contributed by atoms with Gasteiger partial charge < -0.3 is 10.0 Å². The van der Waals surface area contributed by atoms with E-state index in [1.165, 1.54) is 4.90 Å². The lowest BCUT2D eigenvalue weighted by atomic mass is 10.2. The summed E-state index contributed by atoms with van der Waals surface area (Å²) in [6, 6.07) is 9.08. The number of nitrogens with zero attached hydrogens (tertiary/aromatic N) is 4. The van der Waals surface area contributed by atoms with Crippen molar-refractivity contribution in [1.82, 2.24) is 19.9 Å². The van der Waals surface area contributed by atoms with Gasteiger partial charge in [-0.15, -0.1) is 5.10 Å². The third kappa shape index (κ3) is 3.13. The fourth-order valence-corrected chi connectivity index (χ4v) is 2.11. The first-order valence-electron chi connectivity index (χ1n) is 6.92. The van der Waals surface area contributed by atoms with Gasteiger partial charge in [-0.2, -0.15) is 0 Å². The van der Waals surface area contributed by atoms with E-state index >= 15 is 0 Å². The van der Waals surface area contributed by atoms with Crippen LogP contribution in [0.4, 0.5) is 0 Å². The Morgan fingerprint density at radius 3 is 2.45 bits per heavy atom. The van der Waals surface area contributed by atoms with Crippen LogP contribution in [0, 0.1) is 6.92 Å². The van der Waals surface area contributed by atoms with Gasteiger partial charge in [-0.05, 0) is 32.9 Å². The van der Waals surface area contributed by atoms with Crippen LogP contribution in [0.2, 0.25) is 0 Å². The summed E-state index contributed by atoms with van der Waals surface area (Å²) in [7, 11) is 0. The number of aromatic nitrogens is 3. The highest BCUT2D eigenvalue weighted by Crippen LogP contribution is 2.14. The molecule has 0 unspecified atom stereocenters. The number of hydrogen-bond donors (Lipinski definition) is 1. The van der Waals surface area contributed by atoms with Crippen LogP contribution in [-0.2, 0) is 4.79 Å². The Morgan fingerprint density at radius 1 is 1.27 bits per heavy atom. The van der Waals surface area contributed by atoms with Gasteiger partial charge in [0.15, 0.2) is 5.69 Å². The van der Waals surface area contributed by atoms with E-state index in [1.54, 1.807) is 25.5 Å². The van der Waals surface area contributed by atoms with E-state index in [1.807, 2.05) is 30.3 Å². The van der Waals surface area contributed by atoms with Gasteiger partial charge >= 0.3 is 5.97 Å². The lowest BCUT2D eigenvalue weighted by molar-refractivity contribution is -0.138. The number of para-hydroxylation sites is 1. The Bertz CT molecular complexity index is 679. The number of carbonyl (C=O) groups is 2. The molecule has 116 valence electrons. The zero-order chi connectivity index (χ0) is 16.3. The number of hydrogen-bond acceptors (Lipinski definition) is 4. The summed E-state index contributed by atoms with van der Waals surface area (Å²) in [4.78, 5) is 24.7. The summed E-state index contributed by atoms with van der Waals surface area (Å²) in [5.74, 6) is -1.49. The Balaban J connectivity index is 2.35. The van der Waals surface area contributed by atoms with Crippen molar-refractivity contribution in [1.29, 1.82) is 0 Å². The average Bonchev–Trinajstić information content (AvgIpc) is 2.86. The Morgan fingerprint density at radius 2 is 1.91 bits per heavy atom. The quantitative estimate of drug-likeness (QED) is 0.904. The van der Waals surface area contributed by atoms with Crippen LogP contribution in [0.25, 0.3) is 5.69 Å². The second-order valence-corrected chi connectivity index (χ2v) is 5.19. The highest BCUT2D eigenvalue weighted by Gasteiger charge is 2.26. The molecule has 1 N–H and O–H groups in total. The number of carboxylic acid groups (broad SMARTS) is 1. The van der Waals surface area contributed by atoms with Crippen LogP contribution in [0.15, 0.2) is 30.3 Å². The number of aliphatic carboxylic acids is 1. The zero-order valence-corrected chi connectivity index (χ0v) is 12.7. The topological polar surface area (TPSA) is 88.3 Å². The fourth-order valence-electron chi connectivity index (χ4n) is 2.11. The number of amides is 1. The third-order valence-electron chi connectivity index (χ3n) is 3.29. The van der Waals surface area contributed by atoms with Crippen molar-refractivity contribution in [3.05, 3.63) is 41.7 Å². The van der Waals surface area contributed by atoms with Crippen LogP contribution in [-0.4, -0.2) is 49.5 Å². The molecule has 0 saturated carbocycles. The molecule has 0 spiro atoms. The monoisotopic (exact) mass is 302 g/mol. The van der Waals surface area contributed by atoms with Crippen molar-refractivity contribution in [2.24, 2.45) is 0 Å². The zero-order valence-electron chi connectivity index (χ0n) is 12.7. The van der Waals surface area contributed by atoms with Gasteiger partial charge in [0.2, 0.25) is 0 Å². The fraction of sp³-hybridized carbons (Fsp3) is 0.333. The van der Waals surface area contributed by atoms with Gasteiger partial charge in [-0.3, -0.25) is 9.59 Å². The number of benzene rings is 1. The summed E-state index contributed by atoms with van der Waals surface area (Å²) in [6.07, 6.45) is 0. The molecule has 1 aromatic heterocycles. The van der Waals surface area contributed by atoms with Crippen LogP contribution >= 0.6 is 0 Å². The molecule has 0 aliphatic heterocycles. The lowest BCUT2D eigenvalue weighted by Gasteiger charge is -2.24. The van der Waals surface area contributed by atoms with Gasteiger partial charge in [-0.25, -0.2) is 4.68 Å². The number of carbonyl (C=O) groups excluding carboxylic acids is 1. The van der Waals surface area contributed by atoms with Gasteiger partial charge in [0.25, 0.3) is 5.91 Å². The largest absolute Gasteiger partial charge is 0.480 e. The van der Waals surface area contributed by atoms with Crippen LogP contribution in [0.5, 0.6) is 0 Å². The maximum atomic E-state index is 12.5. The smallest absolute Gasteiger partial charge is 0.323 e. The summed E-state index contributed by atoms with van der Waals surface area (Å²) in [6.45, 7) is 4.89. The molecule has 1 heterocycles. The number of rotatable bonds is 5. The first kappa shape index (κ1) is 15.7. The summed E-state index contributed by atoms with van der Waals surface area (Å²) < 4.78 is 1.56. The summed E-state index contributed by atoms with van der Waals surface area (Å²) in [5, 5.41) is 16.9. The minimum Gasteiger partial charge on any atom is -0.480 e. The van der Waals surface area contributed by atoms with E-state index in [9.17, 15) is 9.59 Å². The van der Waals surface area contributed by atoms with Crippen LogP contribution in [0.1, 0.15) is 30.0 Å². The molecular weight excluding hydrogens is 284 g/mol. The van der Waals surface area contributed by atoms with Crippen LogP contribution in [0.3, 0.4) is 0 Å². The van der Waals surface area contributed by atoms with E-state index in [2.05, 4.69) is 10.3 Å². The summed E-state index contributed by atoms with van der Waals surface area (Å²) >= 11 is 0. The molecule has 0 saturated heterocycles. The van der Waals surface area contributed by atoms with Crippen molar-refractivity contribution in [2.45, 2.75) is 26.8 Å². The molecule has 1 amide bonds. The molecule has 2 rings (SSSR count). The maximum absolute atomic E-state index is 12.5. The molecule has 0 bridgehead atoms. The van der Waals surface area contributed by atoms with Gasteiger partial charge in [0.1, 0.15) is 6.54 Å². The van der Waals surface area contributed by atoms with E-state index in [0.29, 0.717) is 5.69 Å². The highest BCUT2D eigenvalue weighted by molar-refractivity contribution is 5.95. The van der Waals surface area contributed by atoms with Crippen molar-refractivity contribution in [3.63, 3.8) is 0 Å². The van der Waals surface area contributed by atoms with E-state index < -0.39 is 11.9 Å². The first-order valence-corrected chi connectivity index (χ1v) is 6.92. The Labute approximate surface area is 128 Å². The standard InChI is InChI=1S/C15H18N4O3/c1-10(2)18(9-13(20)21)15(22)14-11(3)19(17-16-14)12-7-5-4-6-8-12/h4-8,10H,9H2,1-3H3,(H,20,21). The molecule has 0 radical (unpaired) electrons. The SMILES string of the molecule is Cc1c(C(=O)N(CC(=O)O)C(C)C)nnn1-c1ccccc1. The maximum Gasteiger partial charge on any atom is 0.323 e. The molecule has 22 heavy (non-hydrogen) atoms. The minimum absolute atomic E-state index is 0.166. The van der Waals surface area contributed by atoms with E-state index in [0.717, 1.165) is 5.69 Å².